The van der Waals surface area contributed by atoms with Crippen LogP contribution in [0.3, 0.4) is 0 Å². The monoisotopic (exact) mass is 475 g/mol. The molecule has 2 atom stereocenters. The van der Waals surface area contributed by atoms with E-state index in [1.54, 1.807) is 24.0 Å². The summed E-state index contributed by atoms with van der Waals surface area (Å²) in [6, 6.07) is 7.20. The number of amides is 2. The standard InChI is InChI=1S/C26H35F2N3O3/c1-4-8-31(9-5-2)26(34)20-11-17(3)10-19(15-20)25(33)30-23(24(32)6-7-29)14-18-12-21(27)16-22(28)13-18/h10-13,15-16,23-24,32H,4-9,14,29H2,1-3H3,(H,30,33)/t23-,24-/m0/s1. The first kappa shape index (κ1) is 27.4. The van der Waals surface area contributed by atoms with Crippen molar-refractivity contribution in [1.29, 1.82) is 0 Å². The minimum absolute atomic E-state index is 0.0139. The van der Waals surface area contributed by atoms with E-state index in [4.69, 9.17) is 5.73 Å². The number of nitrogens with one attached hydrogen (secondary N) is 1. The summed E-state index contributed by atoms with van der Waals surface area (Å²) in [7, 11) is 0. The van der Waals surface area contributed by atoms with Gasteiger partial charge in [-0.05, 0) is 80.6 Å². The van der Waals surface area contributed by atoms with Gasteiger partial charge in [0.1, 0.15) is 11.6 Å². The maximum atomic E-state index is 13.6. The molecule has 0 radical (unpaired) electrons. The number of carbonyl (C=O) groups excluding carboxylic acids is 2. The molecule has 4 N–H and O–H groups in total. The Morgan fingerprint density at radius 2 is 1.59 bits per heavy atom. The summed E-state index contributed by atoms with van der Waals surface area (Å²) in [6.07, 6.45) is 0.845. The maximum absolute atomic E-state index is 13.6. The predicted molar refractivity (Wildman–Crippen MR) is 129 cm³/mol. The molecule has 0 aliphatic heterocycles. The molecular formula is C26H35F2N3O3. The highest BCUT2D eigenvalue weighted by molar-refractivity contribution is 6.00. The van der Waals surface area contributed by atoms with Crippen LogP contribution in [-0.4, -0.2) is 53.6 Å². The molecule has 0 aliphatic rings. The van der Waals surface area contributed by atoms with E-state index in [1.165, 1.54) is 6.07 Å². The normalized spacial score (nSPS) is 12.8. The van der Waals surface area contributed by atoms with E-state index < -0.39 is 29.7 Å². The molecule has 2 rings (SSSR count). The second-order valence-electron chi connectivity index (χ2n) is 8.59. The van der Waals surface area contributed by atoms with Gasteiger partial charge in [-0.1, -0.05) is 13.8 Å². The molecule has 0 bridgehead atoms. The summed E-state index contributed by atoms with van der Waals surface area (Å²) in [4.78, 5) is 27.9. The third-order valence-electron chi connectivity index (χ3n) is 5.48. The van der Waals surface area contributed by atoms with Crippen LogP contribution in [0.1, 0.15) is 65.0 Å². The lowest BCUT2D eigenvalue weighted by Crippen LogP contribution is -2.45. The van der Waals surface area contributed by atoms with E-state index in [2.05, 4.69) is 5.32 Å². The number of aliphatic hydroxyl groups excluding tert-OH is 1. The molecule has 0 spiro atoms. The third kappa shape index (κ3) is 7.88. The number of nitrogens with zero attached hydrogens (tertiary/aromatic N) is 1. The topological polar surface area (TPSA) is 95.7 Å². The van der Waals surface area contributed by atoms with Crippen molar-refractivity contribution >= 4 is 11.8 Å². The second kappa shape index (κ2) is 13.2. The van der Waals surface area contributed by atoms with Gasteiger partial charge < -0.3 is 21.1 Å². The molecule has 0 aliphatic carbocycles. The highest BCUT2D eigenvalue weighted by Gasteiger charge is 2.24. The van der Waals surface area contributed by atoms with Gasteiger partial charge in [0.05, 0.1) is 12.1 Å². The second-order valence-corrected chi connectivity index (χ2v) is 8.59. The fourth-order valence-corrected chi connectivity index (χ4v) is 3.96. The number of benzene rings is 2. The van der Waals surface area contributed by atoms with E-state index in [0.717, 1.165) is 36.6 Å². The van der Waals surface area contributed by atoms with Crippen molar-refractivity contribution in [1.82, 2.24) is 10.2 Å². The first-order chi connectivity index (χ1) is 16.2. The number of aryl methyl sites for hydroxylation is 1. The zero-order chi connectivity index (χ0) is 25.3. The van der Waals surface area contributed by atoms with Gasteiger partial charge in [0.15, 0.2) is 0 Å². The van der Waals surface area contributed by atoms with Gasteiger partial charge in [0.25, 0.3) is 11.8 Å². The Morgan fingerprint density at radius 3 is 2.15 bits per heavy atom. The van der Waals surface area contributed by atoms with Gasteiger partial charge in [-0.15, -0.1) is 0 Å². The molecular weight excluding hydrogens is 440 g/mol. The number of halogens is 2. The number of nitrogens with two attached hydrogens (primary N) is 1. The average molecular weight is 476 g/mol. The Bertz CT molecular complexity index is 958. The molecule has 6 nitrogen and oxygen atoms in total. The summed E-state index contributed by atoms with van der Waals surface area (Å²) < 4.78 is 27.3. The van der Waals surface area contributed by atoms with E-state index >= 15 is 0 Å². The molecule has 8 heteroatoms. The average Bonchev–Trinajstić information content (AvgIpc) is 2.77. The molecule has 0 saturated carbocycles. The van der Waals surface area contributed by atoms with Crippen LogP contribution in [0.25, 0.3) is 0 Å². The van der Waals surface area contributed by atoms with Crippen molar-refractivity contribution in [3.05, 3.63) is 70.3 Å². The molecule has 186 valence electrons. The van der Waals surface area contributed by atoms with Crippen molar-refractivity contribution in [2.45, 2.75) is 58.6 Å². The van der Waals surface area contributed by atoms with Crippen LogP contribution in [0.5, 0.6) is 0 Å². The van der Waals surface area contributed by atoms with Crippen LogP contribution in [0.4, 0.5) is 8.78 Å². The van der Waals surface area contributed by atoms with Crippen molar-refractivity contribution in [3.8, 4) is 0 Å². The number of aliphatic hydroxyl groups is 1. The minimum Gasteiger partial charge on any atom is -0.391 e. The molecule has 0 heterocycles. The fourth-order valence-electron chi connectivity index (χ4n) is 3.96. The minimum atomic E-state index is -1.02. The Hall–Kier alpha value is -2.84. The molecule has 0 fully saturated rings. The fraction of sp³-hybridized carbons (Fsp3) is 0.462. The maximum Gasteiger partial charge on any atom is 0.253 e. The Kier molecular flexibility index (Phi) is 10.6. The lowest BCUT2D eigenvalue weighted by molar-refractivity contribution is 0.0755. The van der Waals surface area contributed by atoms with Crippen molar-refractivity contribution < 1.29 is 23.5 Å². The van der Waals surface area contributed by atoms with Crippen LogP contribution in [0.2, 0.25) is 0 Å². The molecule has 0 aromatic heterocycles. The van der Waals surface area contributed by atoms with Crippen molar-refractivity contribution in [2.75, 3.05) is 19.6 Å². The van der Waals surface area contributed by atoms with Gasteiger partial charge >= 0.3 is 0 Å². The van der Waals surface area contributed by atoms with Crippen LogP contribution >= 0.6 is 0 Å². The van der Waals surface area contributed by atoms with Gasteiger partial charge in [-0.3, -0.25) is 9.59 Å². The van der Waals surface area contributed by atoms with Gasteiger partial charge in [-0.2, -0.15) is 0 Å². The van der Waals surface area contributed by atoms with Crippen LogP contribution in [-0.2, 0) is 6.42 Å². The first-order valence-corrected chi connectivity index (χ1v) is 11.7. The molecule has 2 aromatic rings. The number of carbonyl (C=O) groups is 2. The zero-order valence-corrected chi connectivity index (χ0v) is 20.1. The molecule has 0 unspecified atom stereocenters. The highest BCUT2D eigenvalue weighted by atomic mass is 19.1. The van der Waals surface area contributed by atoms with E-state index in [1.807, 2.05) is 13.8 Å². The van der Waals surface area contributed by atoms with Gasteiger partial charge in [-0.25, -0.2) is 8.78 Å². The van der Waals surface area contributed by atoms with Crippen LogP contribution in [0.15, 0.2) is 36.4 Å². The summed E-state index contributed by atoms with van der Waals surface area (Å²) in [5.41, 5.74) is 7.30. The smallest absolute Gasteiger partial charge is 0.253 e. The number of rotatable bonds is 12. The van der Waals surface area contributed by atoms with Crippen LogP contribution < -0.4 is 11.1 Å². The number of hydrogen-bond acceptors (Lipinski definition) is 4. The van der Waals surface area contributed by atoms with E-state index in [0.29, 0.717) is 24.2 Å². The summed E-state index contributed by atoms with van der Waals surface area (Å²) in [5.74, 6) is -2.11. The Morgan fingerprint density at radius 1 is 1.00 bits per heavy atom. The Labute approximate surface area is 200 Å². The third-order valence-corrected chi connectivity index (χ3v) is 5.48. The lowest BCUT2D eigenvalue weighted by Gasteiger charge is -2.25. The molecule has 2 aromatic carbocycles. The predicted octanol–water partition coefficient (Wildman–Crippen LogP) is 3.59. The SMILES string of the molecule is CCCN(CCC)C(=O)c1cc(C)cc(C(=O)N[C@@H](Cc2cc(F)cc(F)c2)[C@@H](O)CCN)c1. The zero-order valence-electron chi connectivity index (χ0n) is 20.1. The highest BCUT2D eigenvalue weighted by Crippen LogP contribution is 2.16. The molecule has 34 heavy (non-hydrogen) atoms. The van der Waals surface area contributed by atoms with Crippen LogP contribution in [0, 0.1) is 18.6 Å². The van der Waals surface area contributed by atoms with Crippen molar-refractivity contribution in [3.63, 3.8) is 0 Å². The quantitative estimate of drug-likeness (QED) is 0.437. The Balaban J connectivity index is 2.29. The van der Waals surface area contributed by atoms with Crippen molar-refractivity contribution in [2.24, 2.45) is 5.73 Å². The van der Waals surface area contributed by atoms with E-state index in [-0.39, 0.29) is 30.9 Å². The summed E-state index contributed by atoms with van der Waals surface area (Å²) in [5, 5.41) is 13.3. The van der Waals surface area contributed by atoms with Gasteiger partial charge in [0.2, 0.25) is 0 Å². The lowest BCUT2D eigenvalue weighted by atomic mass is 9.98. The molecule has 0 saturated heterocycles. The molecule has 2 amide bonds. The summed E-state index contributed by atoms with van der Waals surface area (Å²) in [6.45, 7) is 7.23. The number of hydrogen-bond donors (Lipinski definition) is 3. The van der Waals surface area contributed by atoms with E-state index in [9.17, 15) is 23.5 Å². The first-order valence-electron chi connectivity index (χ1n) is 11.7. The largest absolute Gasteiger partial charge is 0.391 e. The summed E-state index contributed by atoms with van der Waals surface area (Å²) >= 11 is 0. The van der Waals surface area contributed by atoms with Gasteiger partial charge in [0, 0.05) is 30.3 Å².